The van der Waals surface area contributed by atoms with Crippen LogP contribution in [0.5, 0.6) is 0 Å². The van der Waals surface area contributed by atoms with Gasteiger partial charge in [-0.05, 0) is 30.5 Å². The molecule has 0 aromatic carbocycles. The summed E-state index contributed by atoms with van der Waals surface area (Å²) in [5.41, 5.74) is 0.988. The van der Waals surface area contributed by atoms with Crippen molar-refractivity contribution in [3.63, 3.8) is 0 Å². The van der Waals surface area contributed by atoms with Crippen molar-refractivity contribution in [2.45, 2.75) is 30.7 Å². The molecule has 0 fully saturated rings. The Morgan fingerprint density at radius 3 is 2.83 bits per heavy atom. The van der Waals surface area contributed by atoms with Gasteiger partial charge in [-0.25, -0.2) is 13.1 Å². The van der Waals surface area contributed by atoms with Crippen LogP contribution in [-0.4, -0.2) is 34.7 Å². The number of hydrogen-bond acceptors (Lipinski definition) is 5. The zero-order valence-corrected chi connectivity index (χ0v) is 12.5. The fourth-order valence-corrected chi connectivity index (χ4v) is 3.61. The number of ether oxygens (including phenoxy) is 1. The molecule has 0 aliphatic carbocycles. The van der Waals surface area contributed by atoms with E-state index in [0.29, 0.717) is 10.8 Å². The topological polar surface area (TPSA) is 67.4 Å². The van der Waals surface area contributed by atoms with Crippen molar-refractivity contribution in [1.82, 2.24) is 10.0 Å². The third kappa shape index (κ3) is 4.66. The van der Waals surface area contributed by atoms with Gasteiger partial charge in [0.25, 0.3) is 0 Å². The van der Waals surface area contributed by atoms with E-state index >= 15 is 0 Å². The first-order chi connectivity index (χ1) is 8.49. The van der Waals surface area contributed by atoms with E-state index in [1.807, 2.05) is 19.2 Å². The predicted molar refractivity (Wildman–Crippen MR) is 73.4 cm³/mol. The molecule has 104 valence electrons. The van der Waals surface area contributed by atoms with E-state index < -0.39 is 10.0 Å². The first-order valence-corrected chi connectivity index (χ1v) is 8.16. The van der Waals surface area contributed by atoms with Gasteiger partial charge in [0.05, 0.1) is 6.10 Å². The summed E-state index contributed by atoms with van der Waals surface area (Å²) >= 11 is 1.23. The number of hydrogen-bond donors (Lipinski definition) is 2. The summed E-state index contributed by atoms with van der Waals surface area (Å²) in [6, 6.07) is 1.70. The summed E-state index contributed by atoms with van der Waals surface area (Å²) in [6.45, 7) is 5.66. The fraction of sp³-hybridized carbons (Fsp3) is 0.636. The van der Waals surface area contributed by atoms with E-state index in [-0.39, 0.29) is 12.6 Å². The van der Waals surface area contributed by atoms with Crippen molar-refractivity contribution in [2.24, 2.45) is 0 Å². The van der Waals surface area contributed by atoms with Gasteiger partial charge in [0.15, 0.2) is 0 Å². The van der Waals surface area contributed by atoms with Crippen LogP contribution in [0.2, 0.25) is 0 Å². The quantitative estimate of drug-likeness (QED) is 0.755. The number of rotatable bonds is 8. The minimum atomic E-state index is -3.41. The SMILES string of the molecule is CCNCc1csc(S(=O)(=O)NCC(C)OC)c1. The molecule has 1 aromatic rings. The molecule has 0 spiro atoms. The third-order valence-corrected chi connectivity index (χ3v) is 5.35. The Balaban J connectivity index is 2.64. The molecular weight excluding hydrogens is 272 g/mol. The van der Waals surface area contributed by atoms with Crippen molar-refractivity contribution in [2.75, 3.05) is 20.2 Å². The molecule has 0 amide bonds. The molecule has 7 heteroatoms. The molecule has 2 N–H and O–H groups in total. The van der Waals surface area contributed by atoms with E-state index in [1.165, 1.54) is 11.3 Å². The molecule has 0 saturated carbocycles. The van der Waals surface area contributed by atoms with E-state index in [9.17, 15) is 8.42 Å². The lowest BCUT2D eigenvalue weighted by Gasteiger charge is -2.10. The second-order valence-electron chi connectivity index (χ2n) is 3.95. The molecule has 1 heterocycles. The Morgan fingerprint density at radius 2 is 2.22 bits per heavy atom. The number of thiophene rings is 1. The van der Waals surface area contributed by atoms with Gasteiger partial charge in [-0.15, -0.1) is 11.3 Å². The molecule has 1 rings (SSSR count). The summed E-state index contributed by atoms with van der Waals surface area (Å²) in [5.74, 6) is 0. The van der Waals surface area contributed by atoms with Crippen LogP contribution in [0.1, 0.15) is 19.4 Å². The number of sulfonamides is 1. The zero-order valence-electron chi connectivity index (χ0n) is 10.9. The lowest BCUT2D eigenvalue weighted by Crippen LogP contribution is -2.31. The van der Waals surface area contributed by atoms with Gasteiger partial charge in [-0.1, -0.05) is 6.92 Å². The summed E-state index contributed by atoms with van der Waals surface area (Å²) in [6.07, 6.45) is -0.138. The molecule has 0 radical (unpaired) electrons. The Kier molecular flexibility index (Phi) is 6.24. The smallest absolute Gasteiger partial charge is 0.250 e. The van der Waals surface area contributed by atoms with Crippen LogP contribution >= 0.6 is 11.3 Å². The molecule has 0 bridgehead atoms. The largest absolute Gasteiger partial charge is 0.380 e. The van der Waals surface area contributed by atoms with Gasteiger partial charge in [0, 0.05) is 20.2 Å². The fourth-order valence-electron chi connectivity index (χ4n) is 1.24. The van der Waals surface area contributed by atoms with Crippen LogP contribution in [0, 0.1) is 0 Å². The highest BCUT2D eigenvalue weighted by atomic mass is 32.2. The normalized spacial score (nSPS) is 13.7. The standard InChI is InChI=1S/C11H20N2O3S2/c1-4-12-7-10-5-11(17-8-10)18(14,15)13-6-9(2)16-3/h5,8-9,12-13H,4,6-7H2,1-3H3. The van der Waals surface area contributed by atoms with Crippen LogP contribution in [0.4, 0.5) is 0 Å². The van der Waals surface area contributed by atoms with E-state index in [2.05, 4.69) is 10.0 Å². The number of methoxy groups -OCH3 is 1. The molecule has 5 nitrogen and oxygen atoms in total. The minimum absolute atomic E-state index is 0.138. The highest BCUT2D eigenvalue weighted by Gasteiger charge is 2.17. The lowest BCUT2D eigenvalue weighted by atomic mass is 10.3. The summed E-state index contributed by atoms with van der Waals surface area (Å²) < 4.78 is 31.8. The molecular formula is C11H20N2O3S2. The van der Waals surface area contributed by atoms with E-state index in [4.69, 9.17) is 4.74 Å². The van der Waals surface area contributed by atoms with Crippen LogP contribution in [0.25, 0.3) is 0 Å². The second kappa shape index (κ2) is 7.20. The average Bonchev–Trinajstić information content (AvgIpc) is 2.83. The molecule has 0 aliphatic rings. The van der Waals surface area contributed by atoms with Crippen LogP contribution in [-0.2, 0) is 21.3 Å². The second-order valence-corrected chi connectivity index (χ2v) is 6.86. The van der Waals surface area contributed by atoms with Crippen molar-refractivity contribution >= 4 is 21.4 Å². The van der Waals surface area contributed by atoms with Crippen LogP contribution < -0.4 is 10.0 Å². The van der Waals surface area contributed by atoms with Gasteiger partial charge in [-0.2, -0.15) is 0 Å². The lowest BCUT2D eigenvalue weighted by molar-refractivity contribution is 0.122. The number of nitrogens with one attached hydrogen (secondary N) is 2. The van der Waals surface area contributed by atoms with Gasteiger partial charge >= 0.3 is 0 Å². The summed E-state index contributed by atoms with van der Waals surface area (Å²) in [7, 11) is -1.85. The Morgan fingerprint density at radius 1 is 1.50 bits per heavy atom. The summed E-state index contributed by atoms with van der Waals surface area (Å²) in [4.78, 5) is 0. The van der Waals surface area contributed by atoms with Crippen LogP contribution in [0.15, 0.2) is 15.7 Å². The molecule has 0 aliphatic heterocycles. The third-order valence-electron chi connectivity index (χ3n) is 2.44. The molecule has 18 heavy (non-hydrogen) atoms. The van der Waals surface area contributed by atoms with Gasteiger partial charge < -0.3 is 10.1 Å². The predicted octanol–water partition coefficient (Wildman–Crippen LogP) is 1.17. The highest BCUT2D eigenvalue weighted by Crippen LogP contribution is 2.19. The first-order valence-electron chi connectivity index (χ1n) is 5.80. The highest BCUT2D eigenvalue weighted by molar-refractivity contribution is 7.91. The molecule has 0 saturated heterocycles. The maximum Gasteiger partial charge on any atom is 0.250 e. The van der Waals surface area contributed by atoms with Crippen molar-refractivity contribution in [3.05, 3.63) is 17.0 Å². The van der Waals surface area contributed by atoms with Gasteiger partial charge in [0.1, 0.15) is 4.21 Å². The van der Waals surface area contributed by atoms with E-state index in [1.54, 1.807) is 13.2 Å². The summed E-state index contributed by atoms with van der Waals surface area (Å²) in [5, 5.41) is 5.02. The molecule has 1 aromatic heterocycles. The van der Waals surface area contributed by atoms with Crippen molar-refractivity contribution < 1.29 is 13.2 Å². The maximum absolute atomic E-state index is 12.0. The maximum atomic E-state index is 12.0. The monoisotopic (exact) mass is 292 g/mol. The Hall–Kier alpha value is -0.470. The molecule has 1 atom stereocenters. The van der Waals surface area contributed by atoms with Gasteiger partial charge in [0.2, 0.25) is 10.0 Å². The zero-order chi connectivity index (χ0) is 13.6. The van der Waals surface area contributed by atoms with Crippen LogP contribution in [0.3, 0.4) is 0 Å². The Bertz CT molecular complexity index is 457. The van der Waals surface area contributed by atoms with Crippen molar-refractivity contribution in [1.29, 1.82) is 0 Å². The first kappa shape index (κ1) is 15.6. The van der Waals surface area contributed by atoms with Crippen molar-refractivity contribution in [3.8, 4) is 0 Å². The van der Waals surface area contributed by atoms with E-state index in [0.717, 1.165) is 12.1 Å². The Labute approximate surface area is 113 Å². The van der Waals surface area contributed by atoms with Gasteiger partial charge in [-0.3, -0.25) is 0 Å². The molecule has 1 unspecified atom stereocenters. The average molecular weight is 292 g/mol. The minimum Gasteiger partial charge on any atom is -0.380 e.